The largest absolute Gasteiger partial charge is 0.402 e. The van der Waals surface area contributed by atoms with Crippen LogP contribution in [-0.4, -0.2) is 47.8 Å². The summed E-state index contributed by atoms with van der Waals surface area (Å²) >= 11 is 0. The molecule has 1 aromatic heterocycles. The molecule has 2 N–H and O–H groups in total. The van der Waals surface area contributed by atoms with Crippen molar-refractivity contribution in [3.8, 4) is 0 Å². The van der Waals surface area contributed by atoms with Crippen molar-refractivity contribution in [1.29, 1.82) is 0 Å². The third-order valence-corrected chi connectivity index (χ3v) is 12.1. The van der Waals surface area contributed by atoms with Crippen LogP contribution in [0.1, 0.15) is 39.0 Å². The minimum absolute atomic E-state index is 0.248. The predicted molar refractivity (Wildman–Crippen MR) is 147 cm³/mol. The molecule has 2 aromatic carbocycles. The van der Waals surface area contributed by atoms with Gasteiger partial charge >= 0.3 is 5.69 Å². The molecule has 0 bridgehead atoms. The summed E-state index contributed by atoms with van der Waals surface area (Å²) in [6.07, 6.45) is -0.558. The molecule has 2 heterocycles. The van der Waals surface area contributed by atoms with Crippen molar-refractivity contribution in [3.05, 3.63) is 104 Å². The van der Waals surface area contributed by atoms with Crippen molar-refractivity contribution in [3.63, 3.8) is 0 Å². The van der Waals surface area contributed by atoms with E-state index in [-0.39, 0.29) is 11.5 Å². The van der Waals surface area contributed by atoms with Gasteiger partial charge in [0.25, 0.3) is 13.9 Å². The molecule has 4 atom stereocenters. The second-order valence-electron chi connectivity index (χ2n) is 10.5. The quantitative estimate of drug-likeness (QED) is 0.197. The number of ether oxygens (including phenoxy) is 1. The molecule has 11 heteroatoms. The molecule has 10 nitrogen and oxygen atoms in total. The van der Waals surface area contributed by atoms with E-state index < -0.39 is 50.7 Å². The first-order chi connectivity index (χ1) is 18.1. The summed E-state index contributed by atoms with van der Waals surface area (Å²) in [5.41, 5.74) is 8.47. The van der Waals surface area contributed by atoms with Crippen molar-refractivity contribution in [2.24, 2.45) is 5.11 Å². The first kappa shape index (κ1) is 27.6. The van der Waals surface area contributed by atoms with E-state index in [1.165, 1.54) is 10.8 Å². The minimum Gasteiger partial charge on any atom is -0.402 e. The third kappa shape index (κ3) is 5.11. The van der Waals surface area contributed by atoms with Crippen LogP contribution >= 0.6 is 0 Å². The van der Waals surface area contributed by atoms with E-state index in [0.29, 0.717) is 5.56 Å². The molecule has 38 heavy (non-hydrogen) atoms. The number of aryl methyl sites for hydroxylation is 1. The molecule has 3 aromatic rings. The van der Waals surface area contributed by atoms with Crippen LogP contribution in [0.5, 0.6) is 0 Å². The smallest absolute Gasteiger partial charge is 0.330 e. The Labute approximate surface area is 221 Å². The Hall–Kier alpha value is -3.47. The number of aromatic nitrogens is 2. The summed E-state index contributed by atoms with van der Waals surface area (Å²) in [6, 6.07) is 19.2. The van der Waals surface area contributed by atoms with E-state index in [1.807, 2.05) is 36.4 Å². The summed E-state index contributed by atoms with van der Waals surface area (Å²) in [5, 5.41) is 15.7. The molecular weight excluding hydrogens is 502 g/mol. The SMILES string of the molecule is Cc1cn([C@H]2C[C@H](O[Si](c3ccccc3)(c3ccccc3)C(C)(C)C)[C@@H]([C@H](CO)N=[N+]=[N-])O2)c(=O)[nH]c1=O. The molecule has 0 unspecified atom stereocenters. The number of aromatic amines is 1. The number of azide groups is 1. The lowest BCUT2D eigenvalue weighted by molar-refractivity contribution is -0.0381. The zero-order valence-electron chi connectivity index (χ0n) is 21.9. The predicted octanol–water partition coefficient (Wildman–Crippen LogP) is 2.75. The molecule has 0 spiro atoms. The van der Waals surface area contributed by atoms with E-state index in [9.17, 15) is 20.2 Å². The highest BCUT2D eigenvalue weighted by Crippen LogP contribution is 2.42. The van der Waals surface area contributed by atoms with Crippen LogP contribution in [0, 0.1) is 6.92 Å². The van der Waals surface area contributed by atoms with Crippen molar-refractivity contribution in [2.45, 2.75) is 63.6 Å². The monoisotopic (exact) mass is 535 g/mol. The van der Waals surface area contributed by atoms with Crippen LogP contribution in [0.4, 0.5) is 0 Å². The van der Waals surface area contributed by atoms with Crippen LogP contribution in [-0.2, 0) is 9.16 Å². The summed E-state index contributed by atoms with van der Waals surface area (Å²) in [4.78, 5) is 29.9. The maximum atomic E-state index is 12.7. The van der Waals surface area contributed by atoms with Gasteiger partial charge in [-0.1, -0.05) is 86.5 Å². The third-order valence-electron chi connectivity index (χ3n) is 7.08. The van der Waals surface area contributed by atoms with Crippen molar-refractivity contribution < 1.29 is 14.3 Å². The van der Waals surface area contributed by atoms with Crippen LogP contribution in [0.25, 0.3) is 10.4 Å². The summed E-state index contributed by atoms with van der Waals surface area (Å²) in [7, 11) is -3.04. The number of hydrogen-bond donors (Lipinski definition) is 2. The van der Waals surface area contributed by atoms with Gasteiger partial charge in [0.1, 0.15) is 6.23 Å². The molecule has 1 aliphatic rings. The van der Waals surface area contributed by atoms with Gasteiger partial charge in [-0.3, -0.25) is 14.3 Å². The Morgan fingerprint density at radius 3 is 2.24 bits per heavy atom. The average Bonchev–Trinajstić information content (AvgIpc) is 3.31. The van der Waals surface area contributed by atoms with Crippen molar-refractivity contribution >= 4 is 18.7 Å². The molecule has 0 amide bonds. The highest BCUT2D eigenvalue weighted by atomic mass is 28.4. The Bertz CT molecular complexity index is 1370. The lowest BCUT2D eigenvalue weighted by Gasteiger charge is -2.45. The number of rotatable bonds is 8. The van der Waals surface area contributed by atoms with Crippen LogP contribution < -0.4 is 21.6 Å². The summed E-state index contributed by atoms with van der Waals surface area (Å²) < 4.78 is 14.9. The van der Waals surface area contributed by atoms with E-state index >= 15 is 0 Å². The van der Waals surface area contributed by atoms with Gasteiger partial charge in [-0.2, -0.15) is 0 Å². The van der Waals surface area contributed by atoms with Gasteiger partial charge in [0, 0.05) is 23.1 Å². The fourth-order valence-electron chi connectivity index (χ4n) is 5.28. The zero-order valence-corrected chi connectivity index (χ0v) is 22.9. The number of aliphatic hydroxyl groups is 1. The Kier molecular flexibility index (Phi) is 8.05. The van der Waals surface area contributed by atoms with Gasteiger partial charge < -0.3 is 14.3 Å². The second-order valence-corrected chi connectivity index (χ2v) is 14.8. The van der Waals surface area contributed by atoms with Crippen LogP contribution in [0.2, 0.25) is 5.04 Å². The van der Waals surface area contributed by atoms with Gasteiger partial charge in [-0.25, -0.2) is 4.79 Å². The highest BCUT2D eigenvalue weighted by molar-refractivity contribution is 6.99. The maximum absolute atomic E-state index is 12.7. The molecule has 1 aliphatic heterocycles. The molecule has 1 fully saturated rings. The van der Waals surface area contributed by atoms with Gasteiger partial charge in [0.05, 0.1) is 24.9 Å². The first-order valence-corrected chi connectivity index (χ1v) is 14.4. The van der Waals surface area contributed by atoms with Gasteiger partial charge in [0.2, 0.25) is 0 Å². The Morgan fingerprint density at radius 1 is 1.16 bits per heavy atom. The average molecular weight is 536 g/mol. The number of hydrogen-bond acceptors (Lipinski definition) is 6. The Morgan fingerprint density at radius 2 is 1.74 bits per heavy atom. The van der Waals surface area contributed by atoms with Crippen LogP contribution in [0.3, 0.4) is 0 Å². The molecule has 200 valence electrons. The molecule has 0 radical (unpaired) electrons. The molecular formula is C27H33N5O5Si. The van der Waals surface area contributed by atoms with E-state index in [2.05, 4.69) is 60.0 Å². The normalized spacial score (nSPS) is 20.6. The van der Waals surface area contributed by atoms with Gasteiger partial charge in [0.15, 0.2) is 0 Å². The first-order valence-electron chi connectivity index (χ1n) is 12.5. The number of benzene rings is 2. The number of nitrogens with one attached hydrogen (secondary N) is 1. The number of nitrogens with zero attached hydrogens (tertiary/aromatic N) is 4. The molecule has 0 saturated carbocycles. The van der Waals surface area contributed by atoms with Crippen molar-refractivity contribution in [1.82, 2.24) is 9.55 Å². The molecule has 1 saturated heterocycles. The second kappa shape index (κ2) is 11.1. The summed E-state index contributed by atoms with van der Waals surface area (Å²) in [6.45, 7) is 7.59. The fourth-order valence-corrected chi connectivity index (χ4v) is 9.98. The lowest BCUT2D eigenvalue weighted by atomic mass is 10.1. The number of H-pyrrole nitrogens is 1. The van der Waals surface area contributed by atoms with E-state index in [1.54, 1.807) is 6.92 Å². The van der Waals surface area contributed by atoms with Crippen LogP contribution in [0.15, 0.2) is 81.6 Å². The standard InChI is InChI=1S/C27H33N5O5Si/c1-18-16-32(26(35)29-25(18)34)23-15-22(24(36-23)21(17-33)30-31-28)37-38(27(2,3)4,19-11-7-5-8-12-19)20-13-9-6-10-14-20/h5-14,16,21-24,33H,15,17H2,1-4H3,(H,29,34,35)/t21-,22-,23+,24+/m0/s1. The fraction of sp³-hybridized carbons (Fsp3) is 0.407. The molecule has 0 aliphatic carbocycles. The highest BCUT2D eigenvalue weighted by Gasteiger charge is 2.54. The van der Waals surface area contributed by atoms with Gasteiger partial charge in [-0.05, 0) is 27.9 Å². The summed E-state index contributed by atoms with van der Waals surface area (Å²) in [5.74, 6) is 0. The molecule has 4 rings (SSSR count). The van der Waals surface area contributed by atoms with Crippen molar-refractivity contribution in [2.75, 3.05) is 6.61 Å². The van der Waals surface area contributed by atoms with E-state index in [0.717, 1.165) is 10.4 Å². The van der Waals surface area contributed by atoms with Gasteiger partial charge in [-0.15, -0.1) is 0 Å². The van der Waals surface area contributed by atoms with E-state index in [4.69, 9.17) is 9.16 Å². The topological polar surface area (TPSA) is 142 Å². The minimum atomic E-state index is -3.04. The zero-order chi connectivity index (χ0) is 27.5. The Balaban J connectivity index is 1.87. The number of aliphatic hydroxyl groups excluding tert-OH is 1. The lowest BCUT2D eigenvalue weighted by Crippen LogP contribution is -2.68. The maximum Gasteiger partial charge on any atom is 0.330 e.